The van der Waals surface area contributed by atoms with Gasteiger partial charge in [-0.1, -0.05) is 11.8 Å². The van der Waals surface area contributed by atoms with Crippen molar-refractivity contribution in [3.8, 4) is 47.1 Å². The maximum Gasteiger partial charge on any atom is 0.573 e. The number of hydrogen-bond donors (Lipinski definition) is 0. The Balaban J connectivity index is 0.000000187. The largest absolute Gasteiger partial charge is 0.573 e. The molecule has 0 aliphatic carbocycles. The van der Waals surface area contributed by atoms with Gasteiger partial charge in [0, 0.05) is 48.3 Å². The lowest BCUT2D eigenvalue weighted by Gasteiger charge is -2.09. The number of benzene rings is 2. The lowest BCUT2D eigenvalue weighted by atomic mass is 10.3. The fourth-order valence-electron chi connectivity index (χ4n) is 3.60. The van der Waals surface area contributed by atoms with E-state index in [-0.39, 0.29) is 11.5 Å². The second kappa shape index (κ2) is 16.8. The molecule has 0 aliphatic heterocycles. The molecule has 0 atom stereocenters. The smallest absolute Gasteiger partial charge is 0.406 e. The van der Waals surface area contributed by atoms with Gasteiger partial charge < -0.3 is 9.47 Å². The van der Waals surface area contributed by atoms with Crippen molar-refractivity contribution in [1.29, 1.82) is 0 Å². The minimum Gasteiger partial charge on any atom is -0.406 e. The van der Waals surface area contributed by atoms with Gasteiger partial charge in [0.25, 0.3) is 0 Å². The summed E-state index contributed by atoms with van der Waals surface area (Å²) in [5.41, 5.74) is 3.39. The highest BCUT2D eigenvalue weighted by Crippen LogP contribution is 2.24. The average molecular weight is 786 g/mol. The third-order valence-corrected chi connectivity index (χ3v) is 6.22. The van der Waals surface area contributed by atoms with E-state index in [9.17, 15) is 26.3 Å². The number of nitrogens with zero attached hydrogens (tertiary/aromatic N) is 6. The summed E-state index contributed by atoms with van der Waals surface area (Å²) >= 11 is 2.05. The summed E-state index contributed by atoms with van der Waals surface area (Å²) in [6.07, 6.45) is 5.74. The number of alkyl halides is 6. The molecule has 6 rings (SSSR count). The second-order valence-electron chi connectivity index (χ2n) is 9.19. The first-order chi connectivity index (χ1) is 23.4. The van der Waals surface area contributed by atoms with Crippen LogP contribution in [0.2, 0.25) is 0 Å². The van der Waals surface area contributed by atoms with Crippen LogP contribution in [0.3, 0.4) is 0 Å². The molecule has 0 amide bonds. The lowest BCUT2D eigenvalue weighted by Crippen LogP contribution is -2.17. The Kier molecular flexibility index (Phi) is 12.4. The van der Waals surface area contributed by atoms with Gasteiger partial charge in [-0.05, 0) is 113 Å². The van der Waals surface area contributed by atoms with Crippen LogP contribution in [0.15, 0.2) is 122 Å². The zero-order valence-electron chi connectivity index (χ0n) is 24.8. The molecular weight excluding hydrogens is 765 g/mol. The quantitative estimate of drug-likeness (QED) is 0.102. The van der Waals surface area contributed by atoms with E-state index >= 15 is 0 Å². The summed E-state index contributed by atoms with van der Waals surface area (Å²) < 4.78 is 83.7. The van der Waals surface area contributed by atoms with Crippen LogP contribution in [-0.2, 0) is 0 Å². The summed E-state index contributed by atoms with van der Waals surface area (Å²) in [5.74, 6) is 7.76. The van der Waals surface area contributed by atoms with Crippen LogP contribution in [0, 0.1) is 27.9 Å². The Morgan fingerprint density at radius 2 is 1.10 bits per heavy atom. The fraction of sp³-hybridized carbons (Fsp3) is 0.0588. The predicted molar refractivity (Wildman–Crippen MR) is 176 cm³/mol. The van der Waals surface area contributed by atoms with Gasteiger partial charge in [0.15, 0.2) is 0 Å². The van der Waals surface area contributed by atoms with Crippen LogP contribution < -0.4 is 9.47 Å². The topological polar surface area (TPSA) is 79.9 Å². The average Bonchev–Trinajstić information content (AvgIpc) is 3.74. The first kappa shape index (κ1) is 36.0. The van der Waals surface area contributed by atoms with Gasteiger partial charge >= 0.3 is 12.7 Å². The van der Waals surface area contributed by atoms with Crippen molar-refractivity contribution in [2.45, 2.75) is 12.7 Å². The Bertz CT molecular complexity index is 2010. The molecule has 0 aliphatic rings. The normalized spacial score (nSPS) is 10.6. The summed E-state index contributed by atoms with van der Waals surface area (Å²) in [7, 11) is 0. The first-order valence-corrected chi connectivity index (χ1v) is 14.7. The van der Waals surface area contributed by atoms with E-state index in [0.29, 0.717) is 17.1 Å². The molecule has 248 valence electrons. The van der Waals surface area contributed by atoms with Gasteiger partial charge in [0.05, 0.1) is 11.4 Å². The molecule has 15 heteroatoms. The van der Waals surface area contributed by atoms with Crippen LogP contribution in [0.1, 0.15) is 16.8 Å². The van der Waals surface area contributed by atoms with Crippen LogP contribution in [0.5, 0.6) is 11.5 Å². The molecule has 0 spiro atoms. The molecule has 4 heterocycles. The zero-order chi connectivity index (χ0) is 35.3. The molecule has 49 heavy (non-hydrogen) atoms. The van der Waals surface area contributed by atoms with E-state index in [1.54, 1.807) is 60.1 Å². The molecular formula is C34H21F6IN6O2. The highest BCUT2D eigenvalue weighted by Gasteiger charge is 2.31. The van der Waals surface area contributed by atoms with E-state index in [4.69, 9.17) is 6.42 Å². The highest BCUT2D eigenvalue weighted by atomic mass is 127. The van der Waals surface area contributed by atoms with Crippen LogP contribution in [-0.4, -0.2) is 42.3 Å². The van der Waals surface area contributed by atoms with Gasteiger partial charge in [0.2, 0.25) is 0 Å². The molecule has 0 radical (unpaired) electrons. The Hall–Kier alpha value is -5.81. The lowest BCUT2D eigenvalue weighted by molar-refractivity contribution is -0.275. The fourth-order valence-corrected chi connectivity index (χ4v) is 4.00. The number of aromatic nitrogens is 6. The van der Waals surface area contributed by atoms with Crippen molar-refractivity contribution in [2.75, 3.05) is 0 Å². The van der Waals surface area contributed by atoms with E-state index in [0.717, 1.165) is 14.8 Å². The third kappa shape index (κ3) is 12.7. The Labute approximate surface area is 289 Å². The van der Waals surface area contributed by atoms with E-state index in [1.807, 2.05) is 40.8 Å². The first-order valence-electron chi connectivity index (χ1n) is 13.6. The molecule has 4 aromatic heterocycles. The molecule has 0 unspecified atom stereocenters. The maximum absolute atomic E-state index is 12.1. The zero-order valence-corrected chi connectivity index (χ0v) is 26.9. The Morgan fingerprint density at radius 1 is 0.612 bits per heavy atom. The van der Waals surface area contributed by atoms with Crippen molar-refractivity contribution in [3.63, 3.8) is 0 Å². The molecule has 0 saturated heterocycles. The molecule has 8 nitrogen and oxygen atoms in total. The standard InChI is InChI=1S/C17H10F3N3O.C10H6F3IN2O.C7H5N/c18-17(19,20)24-16-7-5-15(6-8-16)23-11-9-14(22-23)4-3-13-2-1-10-21-12-13;11-10(12,13)17-8-3-1-7(2-4-8)16-6-5-9(14)15-16;1-2-7-4-3-5-8-6-7/h1-2,5-12H;1-6H;1,3-6H. The summed E-state index contributed by atoms with van der Waals surface area (Å²) in [6.45, 7) is 0. The molecule has 0 fully saturated rings. The number of rotatable bonds is 4. The predicted octanol–water partition coefficient (Wildman–Crippen LogP) is 8.00. The maximum atomic E-state index is 12.1. The highest BCUT2D eigenvalue weighted by molar-refractivity contribution is 14.1. The number of halogens is 7. The SMILES string of the molecule is C#Cc1cccnc1.FC(F)(F)Oc1ccc(-n2ccc(C#Cc3cccnc3)n2)cc1.FC(F)(F)Oc1ccc(-n2ccc(I)n2)cc1. The van der Waals surface area contributed by atoms with E-state index in [1.165, 1.54) is 53.2 Å². The number of pyridine rings is 2. The number of hydrogen-bond acceptors (Lipinski definition) is 6. The van der Waals surface area contributed by atoms with Gasteiger partial charge in [-0.25, -0.2) is 9.36 Å². The minimum absolute atomic E-state index is 0.247. The summed E-state index contributed by atoms with van der Waals surface area (Å²) in [6, 6.07) is 21.7. The van der Waals surface area contributed by atoms with Crippen molar-refractivity contribution >= 4 is 22.6 Å². The van der Waals surface area contributed by atoms with Crippen molar-refractivity contribution in [1.82, 2.24) is 29.5 Å². The molecule has 6 aromatic rings. The van der Waals surface area contributed by atoms with Crippen LogP contribution in [0.4, 0.5) is 26.3 Å². The van der Waals surface area contributed by atoms with Crippen molar-refractivity contribution in [2.24, 2.45) is 0 Å². The molecule has 2 aromatic carbocycles. The van der Waals surface area contributed by atoms with Crippen molar-refractivity contribution in [3.05, 3.63) is 143 Å². The molecule has 0 saturated carbocycles. The van der Waals surface area contributed by atoms with Gasteiger partial charge in [-0.3, -0.25) is 9.97 Å². The molecule has 0 bridgehead atoms. The van der Waals surface area contributed by atoms with Gasteiger partial charge in [-0.2, -0.15) is 10.2 Å². The third-order valence-electron chi connectivity index (χ3n) is 5.64. The monoisotopic (exact) mass is 786 g/mol. The van der Waals surface area contributed by atoms with E-state index in [2.05, 4.69) is 47.4 Å². The summed E-state index contributed by atoms with van der Waals surface area (Å²) in [4.78, 5) is 7.78. The minimum atomic E-state index is -4.71. The van der Waals surface area contributed by atoms with Crippen molar-refractivity contribution < 1.29 is 35.8 Å². The van der Waals surface area contributed by atoms with Gasteiger partial charge in [0.1, 0.15) is 20.9 Å². The Morgan fingerprint density at radius 3 is 1.51 bits per heavy atom. The van der Waals surface area contributed by atoms with Gasteiger partial charge in [-0.15, -0.1) is 32.8 Å². The van der Waals surface area contributed by atoms with Crippen LogP contribution in [0.25, 0.3) is 11.4 Å². The van der Waals surface area contributed by atoms with Crippen LogP contribution >= 0.6 is 22.6 Å². The second-order valence-corrected chi connectivity index (χ2v) is 10.3. The number of ether oxygens (including phenoxy) is 2. The number of terminal acetylenes is 1. The molecule has 0 N–H and O–H groups in total. The summed E-state index contributed by atoms with van der Waals surface area (Å²) in [5, 5.41) is 8.38. The van der Waals surface area contributed by atoms with E-state index < -0.39 is 12.7 Å².